The minimum absolute atomic E-state index is 0.0733. The van der Waals surface area contributed by atoms with Crippen molar-refractivity contribution in [2.75, 3.05) is 6.61 Å². The summed E-state index contributed by atoms with van der Waals surface area (Å²) in [5, 5.41) is 0. The van der Waals surface area contributed by atoms with Crippen molar-refractivity contribution >= 4 is 11.8 Å². The minimum atomic E-state index is -0.545. The molecule has 134 valence electrons. The van der Waals surface area contributed by atoms with Crippen LogP contribution in [0.15, 0.2) is 23.3 Å². The fourth-order valence-corrected chi connectivity index (χ4v) is 3.45. The largest absolute Gasteiger partial charge is 0.459 e. The van der Waals surface area contributed by atoms with Gasteiger partial charge in [0.2, 0.25) is 0 Å². The Bertz CT molecular complexity index is 556. The number of allylic oxidation sites excluding steroid dienone is 3. The summed E-state index contributed by atoms with van der Waals surface area (Å²) in [6, 6.07) is 0. The second kappa shape index (κ2) is 7.64. The highest BCUT2D eigenvalue weighted by Crippen LogP contribution is 2.49. The normalized spacial score (nSPS) is 30.4. The molecule has 0 bridgehead atoms. The molecule has 4 nitrogen and oxygen atoms in total. The van der Waals surface area contributed by atoms with Crippen LogP contribution in [0.2, 0.25) is 0 Å². The van der Waals surface area contributed by atoms with Crippen molar-refractivity contribution in [2.24, 2.45) is 11.8 Å². The third-order valence-corrected chi connectivity index (χ3v) is 5.34. The number of Topliss-reactive ketones (excluding diaryl/α,β-unsaturated/α-hetero) is 1. The lowest BCUT2D eigenvalue weighted by Gasteiger charge is -2.27. The minimum Gasteiger partial charge on any atom is -0.459 e. The molecule has 0 aromatic heterocycles. The first-order valence-electron chi connectivity index (χ1n) is 8.95. The van der Waals surface area contributed by atoms with Gasteiger partial charge in [-0.25, -0.2) is 4.79 Å². The summed E-state index contributed by atoms with van der Waals surface area (Å²) >= 11 is 0. The van der Waals surface area contributed by atoms with Gasteiger partial charge >= 0.3 is 5.97 Å². The molecule has 0 N–H and O–H groups in total. The second-order valence-electron chi connectivity index (χ2n) is 7.49. The van der Waals surface area contributed by atoms with Crippen LogP contribution in [-0.2, 0) is 19.1 Å². The Labute approximate surface area is 145 Å². The lowest BCUT2D eigenvalue weighted by atomic mass is 9.74. The molecular formula is C20H30O4. The van der Waals surface area contributed by atoms with Gasteiger partial charge < -0.3 is 9.47 Å². The molecule has 1 aliphatic carbocycles. The fraction of sp³-hybridized carbons (Fsp3) is 0.700. The molecule has 1 saturated carbocycles. The van der Waals surface area contributed by atoms with Crippen molar-refractivity contribution < 1.29 is 19.1 Å². The lowest BCUT2D eigenvalue weighted by Crippen LogP contribution is -2.39. The van der Waals surface area contributed by atoms with E-state index in [1.807, 2.05) is 0 Å². The van der Waals surface area contributed by atoms with E-state index >= 15 is 0 Å². The van der Waals surface area contributed by atoms with E-state index < -0.39 is 5.60 Å². The maximum absolute atomic E-state index is 12.7. The van der Waals surface area contributed by atoms with Crippen LogP contribution in [0.4, 0.5) is 0 Å². The fourth-order valence-electron chi connectivity index (χ4n) is 3.45. The molecule has 2 rings (SSSR count). The molecule has 0 spiro atoms. The van der Waals surface area contributed by atoms with Gasteiger partial charge in [-0.15, -0.1) is 0 Å². The van der Waals surface area contributed by atoms with Crippen molar-refractivity contribution in [3.8, 4) is 0 Å². The van der Waals surface area contributed by atoms with Crippen LogP contribution in [0.5, 0.6) is 0 Å². The van der Waals surface area contributed by atoms with Crippen LogP contribution in [0.1, 0.15) is 60.3 Å². The Kier molecular flexibility index (Phi) is 6.02. The highest BCUT2D eigenvalue weighted by atomic mass is 16.6. The van der Waals surface area contributed by atoms with E-state index in [2.05, 4.69) is 26.8 Å². The van der Waals surface area contributed by atoms with Gasteiger partial charge in [0.25, 0.3) is 0 Å². The van der Waals surface area contributed by atoms with E-state index in [0.717, 1.165) is 25.7 Å². The molecule has 0 aromatic rings. The lowest BCUT2D eigenvalue weighted by molar-refractivity contribution is -0.141. The van der Waals surface area contributed by atoms with Gasteiger partial charge in [-0.3, -0.25) is 4.79 Å². The zero-order valence-corrected chi connectivity index (χ0v) is 15.6. The van der Waals surface area contributed by atoms with Crippen LogP contribution in [-0.4, -0.2) is 30.1 Å². The van der Waals surface area contributed by atoms with E-state index in [0.29, 0.717) is 11.5 Å². The average molecular weight is 334 g/mol. The summed E-state index contributed by atoms with van der Waals surface area (Å²) in [6.45, 7) is 10.1. The average Bonchev–Trinajstić information content (AvgIpc) is 3.27. The van der Waals surface area contributed by atoms with Crippen LogP contribution in [0.25, 0.3) is 0 Å². The Morgan fingerprint density at radius 2 is 2.12 bits per heavy atom. The molecule has 1 heterocycles. The van der Waals surface area contributed by atoms with Crippen LogP contribution in [0.3, 0.4) is 0 Å². The summed E-state index contributed by atoms with van der Waals surface area (Å²) in [5.41, 5.74) is 1.35. The number of ether oxygens (including phenoxy) is 2. The third-order valence-electron chi connectivity index (χ3n) is 5.34. The van der Waals surface area contributed by atoms with Gasteiger partial charge in [0.15, 0.2) is 5.78 Å². The van der Waals surface area contributed by atoms with Crippen molar-refractivity contribution in [2.45, 2.75) is 72.0 Å². The Hall–Kier alpha value is -1.42. The van der Waals surface area contributed by atoms with Crippen LogP contribution in [0, 0.1) is 11.8 Å². The first-order valence-corrected chi connectivity index (χ1v) is 8.95. The van der Waals surface area contributed by atoms with Gasteiger partial charge in [-0.05, 0) is 59.3 Å². The number of esters is 1. The van der Waals surface area contributed by atoms with Gasteiger partial charge in [-0.1, -0.05) is 24.6 Å². The zero-order valence-electron chi connectivity index (χ0n) is 15.6. The molecule has 0 amide bonds. The topological polar surface area (TPSA) is 55.9 Å². The summed E-state index contributed by atoms with van der Waals surface area (Å²) in [5.74, 6) is 0.308. The van der Waals surface area contributed by atoms with Crippen LogP contribution < -0.4 is 0 Å². The number of hydrogen-bond acceptors (Lipinski definition) is 4. The highest BCUT2D eigenvalue weighted by Gasteiger charge is 2.65. The maximum atomic E-state index is 12.7. The third kappa shape index (κ3) is 4.15. The van der Waals surface area contributed by atoms with Gasteiger partial charge in [0, 0.05) is 11.5 Å². The van der Waals surface area contributed by atoms with E-state index in [9.17, 15) is 9.59 Å². The van der Waals surface area contributed by atoms with E-state index in [-0.39, 0.29) is 30.4 Å². The number of carbonyl (C=O) groups is 2. The van der Waals surface area contributed by atoms with Crippen molar-refractivity contribution in [1.29, 1.82) is 0 Å². The molecule has 1 saturated heterocycles. The number of ketones is 1. The first kappa shape index (κ1) is 18.9. The Morgan fingerprint density at radius 3 is 2.75 bits per heavy atom. The summed E-state index contributed by atoms with van der Waals surface area (Å²) in [4.78, 5) is 24.4. The van der Waals surface area contributed by atoms with Crippen molar-refractivity contribution in [1.82, 2.24) is 0 Å². The molecule has 0 aromatic carbocycles. The van der Waals surface area contributed by atoms with Crippen molar-refractivity contribution in [3.63, 3.8) is 0 Å². The summed E-state index contributed by atoms with van der Waals surface area (Å²) < 4.78 is 11.0. The Morgan fingerprint density at radius 1 is 1.42 bits per heavy atom. The number of fused-ring (bicyclic) bond motifs is 1. The smallest absolute Gasteiger partial charge is 0.333 e. The predicted molar refractivity (Wildman–Crippen MR) is 93.6 cm³/mol. The standard InChI is InChI=1S/C20H30O4/c1-6-14(4)19(22)23-12-20-11-10-16(17(21)18(20)24-20)15(5)9-7-8-13(2)3/h6,8,15-16,18H,7,9-12H2,1-5H3. The van der Waals surface area contributed by atoms with E-state index in [4.69, 9.17) is 9.47 Å². The number of rotatable bonds is 7. The molecule has 24 heavy (non-hydrogen) atoms. The maximum Gasteiger partial charge on any atom is 0.333 e. The predicted octanol–water partition coefficient (Wildman–Crippen LogP) is 4.00. The van der Waals surface area contributed by atoms with Gasteiger partial charge in [0.05, 0.1) is 0 Å². The molecule has 4 heteroatoms. The van der Waals surface area contributed by atoms with Crippen LogP contribution >= 0.6 is 0 Å². The summed E-state index contributed by atoms with van der Waals surface area (Å²) in [7, 11) is 0. The molecule has 4 unspecified atom stereocenters. The number of hydrogen-bond donors (Lipinski definition) is 0. The number of carbonyl (C=O) groups excluding carboxylic acids is 2. The molecule has 0 radical (unpaired) electrons. The van der Waals surface area contributed by atoms with Crippen molar-refractivity contribution in [3.05, 3.63) is 23.3 Å². The first-order chi connectivity index (χ1) is 11.3. The monoisotopic (exact) mass is 334 g/mol. The second-order valence-corrected chi connectivity index (χ2v) is 7.49. The highest BCUT2D eigenvalue weighted by molar-refractivity contribution is 5.91. The van der Waals surface area contributed by atoms with E-state index in [1.54, 1.807) is 19.9 Å². The number of epoxide rings is 1. The summed E-state index contributed by atoms with van der Waals surface area (Å²) in [6.07, 6.45) is 7.24. The molecule has 1 aliphatic heterocycles. The van der Waals surface area contributed by atoms with Gasteiger partial charge in [-0.2, -0.15) is 0 Å². The molecule has 2 fully saturated rings. The molecule has 2 aliphatic rings. The Balaban J connectivity index is 1.86. The molecular weight excluding hydrogens is 304 g/mol. The quantitative estimate of drug-likeness (QED) is 0.306. The molecule has 4 atom stereocenters. The van der Waals surface area contributed by atoms with E-state index in [1.165, 1.54) is 5.57 Å². The zero-order chi connectivity index (χ0) is 17.9. The van der Waals surface area contributed by atoms with Gasteiger partial charge in [0.1, 0.15) is 18.3 Å². The SMILES string of the molecule is CC=C(C)C(=O)OCC12CCC(C(C)CCC=C(C)C)C(=O)C1O2.